The molecule has 3 atom stereocenters. The fraction of sp³-hybridized carbons (Fsp3) is 0.857. The molecule has 1 aliphatic heterocycles. The van der Waals surface area contributed by atoms with Gasteiger partial charge in [-0.3, -0.25) is 14.8 Å². The summed E-state index contributed by atoms with van der Waals surface area (Å²) < 4.78 is 0. The molecule has 20 heavy (non-hydrogen) atoms. The molecular weight excluding hydrogens is 262 g/mol. The summed E-state index contributed by atoms with van der Waals surface area (Å²) in [7, 11) is 0. The zero-order valence-corrected chi connectivity index (χ0v) is 11.4. The summed E-state index contributed by atoms with van der Waals surface area (Å²) >= 11 is 0. The first-order chi connectivity index (χ1) is 9.47. The Morgan fingerprint density at radius 2 is 1.65 bits per heavy atom. The number of aliphatic hydroxyl groups is 2. The molecule has 0 aromatic carbocycles. The Labute approximate surface area is 117 Å². The predicted octanol–water partition coefficient (Wildman–Crippen LogP) is 0.382. The Balaban J connectivity index is 2.05. The highest BCUT2D eigenvalue weighted by atomic mass is 16.5. The van der Waals surface area contributed by atoms with Crippen LogP contribution in [0.1, 0.15) is 51.4 Å². The first kappa shape index (κ1) is 14.0. The highest BCUT2D eigenvalue weighted by molar-refractivity contribution is 6.16. The molecule has 6 heteroatoms. The number of hydrogen-bond acceptors (Lipinski definition) is 5. The van der Waals surface area contributed by atoms with Crippen molar-refractivity contribution in [3.8, 4) is 0 Å². The average molecular weight is 283 g/mol. The highest BCUT2D eigenvalue weighted by Crippen LogP contribution is 2.52. The molecule has 1 saturated heterocycles. The second kappa shape index (κ2) is 4.51. The van der Waals surface area contributed by atoms with E-state index in [9.17, 15) is 25.0 Å². The number of rotatable bonds is 0. The summed E-state index contributed by atoms with van der Waals surface area (Å²) in [4.78, 5) is 25.4. The lowest BCUT2D eigenvalue weighted by molar-refractivity contribution is -0.215. The molecule has 0 bridgehead atoms. The van der Waals surface area contributed by atoms with Gasteiger partial charge in [-0.05, 0) is 32.1 Å². The van der Waals surface area contributed by atoms with Crippen LogP contribution in [0.25, 0.3) is 0 Å². The van der Waals surface area contributed by atoms with Crippen LogP contribution in [0, 0.1) is 5.41 Å². The third kappa shape index (κ3) is 1.50. The number of aliphatic hydroxyl groups excluding tert-OH is 2. The minimum absolute atomic E-state index is 0.216. The third-order valence-corrected chi connectivity index (χ3v) is 5.43. The van der Waals surface area contributed by atoms with Crippen molar-refractivity contribution in [2.24, 2.45) is 5.41 Å². The van der Waals surface area contributed by atoms with Crippen molar-refractivity contribution in [1.29, 1.82) is 0 Å². The molecule has 3 aliphatic rings. The molecule has 112 valence electrons. The molecule has 6 nitrogen and oxygen atoms in total. The minimum Gasteiger partial charge on any atom is -0.390 e. The SMILES string of the molecule is O=C1N(O)C2(CCCC(O)C2O)C(=O)C12CCCCC2. The van der Waals surface area contributed by atoms with Crippen molar-refractivity contribution in [1.82, 2.24) is 5.06 Å². The molecule has 0 aromatic rings. The lowest BCUT2D eigenvalue weighted by Gasteiger charge is -2.42. The molecule has 2 aliphatic carbocycles. The number of nitrogens with zero attached hydrogens (tertiary/aromatic N) is 1. The molecule has 3 fully saturated rings. The van der Waals surface area contributed by atoms with Gasteiger partial charge in [0.2, 0.25) is 0 Å². The lowest BCUT2D eigenvalue weighted by Crippen LogP contribution is -2.63. The third-order valence-electron chi connectivity index (χ3n) is 5.43. The van der Waals surface area contributed by atoms with Crippen LogP contribution in [-0.4, -0.2) is 49.9 Å². The van der Waals surface area contributed by atoms with Gasteiger partial charge in [0.15, 0.2) is 11.3 Å². The Morgan fingerprint density at radius 1 is 1.00 bits per heavy atom. The van der Waals surface area contributed by atoms with Crippen LogP contribution in [0.2, 0.25) is 0 Å². The van der Waals surface area contributed by atoms with E-state index in [4.69, 9.17) is 0 Å². The van der Waals surface area contributed by atoms with E-state index in [-0.39, 0.29) is 12.2 Å². The number of carbonyl (C=O) groups is 2. The fourth-order valence-corrected chi connectivity index (χ4v) is 4.27. The summed E-state index contributed by atoms with van der Waals surface area (Å²) in [6.45, 7) is 0. The van der Waals surface area contributed by atoms with Gasteiger partial charge in [0.25, 0.3) is 5.91 Å². The molecule has 0 radical (unpaired) electrons. The Bertz CT molecular complexity index is 445. The molecular formula is C14H21NO5. The highest BCUT2D eigenvalue weighted by Gasteiger charge is 2.70. The van der Waals surface area contributed by atoms with Gasteiger partial charge in [-0.15, -0.1) is 0 Å². The molecule has 3 rings (SSSR count). The van der Waals surface area contributed by atoms with E-state index in [0.29, 0.717) is 30.7 Å². The Morgan fingerprint density at radius 3 is 2.30 bits per heavy atom. The van der Waals surface area contributed by atoms with Crippen molar-refractivity contribution in [3.63, 3.8) is 0 Å². The zero-order valence-electron chi connectivity index (χ0n) is 11.4. The smallest absolute Gasteiger partial charge is 0.260 e. The van der Waals surface area contributed by atoms with E-state index >= 15 is 0 Å². The number of carbonyl (C=O) groups excluding carboxylic acids is 2. The number of hydroxylamine groups is 2. The monoisotopic (exact) mass is 283 g/mol. The zero-order chi connectivity index (χ0) is 14.5. The number of ketones is 1. The summed E-state index contributed by atoms with van der Waals surface area (Å²) in [6, 6.07) is 0. The second-order valence-electron chi connectivity index (χ2n) is 6.42. The van der Waals surface area contributed by atoms with Crippen LogP contribution < -0.4 is 0 Å². The van der Waals surface area contributed by atoms with Crippen LogP contribution in [0.3, 0.4) is 0 Å². The van der Waals surface area contributed by atoms with Crippen molar-refractivity contribution in [3.05, 3.63) is 0 Å². The topological polar surface area (TPSA) is 98.1 Å². The standard InChI is InChI=1S/C14H21NO5/c16-9-5-4-8-14(10(9)17)11(18)13(12(19)15(14)20)6-2-1-3-7-13/h9-10,16-17,20H,1-8H2. The molecule has 3 N–H and O–H groups in total. The van der Waals surface area contributed by atoms with E-state index in [2.05, 4.69) is 0 Å². The van der Waals surface area contributed by atoms with E-state index in [1.807, 2.05) is 0 Å². The minimum atomic E-state index is -1.63. The van der Waals surface area contributed by atoms with Gasteiger partial charge in [-0.25, -0.2) is 5.06 Å². The van der Waals surface area contributed by atoms with Crippen LogP contribution >= 0.6 is 0 Å². The van der Waals surface area contributed by atoms with E-state index in [1.54, 1.807) is 0 Å². The maximum absolute atomic E-state index is 12.9. The van der Waals surface area contributed by atoms with Crippen molar-refractivity contribution in [2.45, 2.75) is 69.1 Å². The second-order valence-corrected chi connectivity index (χ2v) is 6.42. The van der Waals surface area contributed by atoms with E-state index in [0.717, 1.165) is 19.3 Å². The molecule has 2 saturated carbocycles. The first-order valence-electron chi connectivity index (χ1n) is 7.41. The largest absolute Gasteiger partial charge is 0.390 e. The van der Waals surface area contributed by atoms with Crippen LogP contribution in [0.15, 0.2) is 0 Å². The van der Waals surface area contributed by atoms with Gasteiger partial charge in [-0.1, -0.05) is 19.3 Å². The summed E-state index contributed by atoms with van der Waals surface area (Å²) in [6.07, 6.45) is 2.03. The average Bonchev–Trinajstić information content (AvgIpc) is 2.61. The van der Waals surface area contributed by atoms with E-state index < -0.39 is 29.1 Å². The summed E-state index contributed by atoms with van der Waals surface area (Å²) in [5.41, 5.74) is -2.81. The normalized spacial score (nSPS) is 40.9. The van der Waals surface area contributed by atoms with Gasteiger partial charge in [-0.2, -0.15) is 0 Å². The van der Waals surface area contributed by atoms with Crippen LogP contribution in [0.4, 0.5) is 0 Å². The van der Waals surface area contributed by atoms with Gasteiger partial charge in [0.05, 0.1) is 6.10 Å². The quantitative estimate of drug-likeness (QED) is 0.441. The fourth-order valence-electron chi connectivity index (χ4n) is 4.27. The van der Waals surface area contributed by atoms with E-state index in [1.165, 1.54) is 0 Å². The Hall–Kier alpha value is -0.980. The number of hydrogen-bond donors (Lipinski definition) is 3. The predicted molar refractivity (Wildman–Crippen MR) is 67.8 cm³/mol. The lowest BCUT2D eigenvalue weighted by atomic mass is 9.65. The van der Waals surface area contributed by atoms with Crippen molar-refractivity contribution < 1.29 is 25.0 Å². The van der Waals surface area contributed by atoms with Crippen molar-refractivity contribution in [2.75, 3.05) is 0 Å². The Kier molecular flexibility index (Phi) is 3.15. The molecule has 1 amide bonds. The molecule has 1 heterocycles. The van der Waals surface area contributed by atoms with Gasteiger partial charge < -0.3 is 10.2 Å². The number of amides is 1. The van der Waals surface area contributed by atoms with Gasteiger partial charge in [0.1, 0.15) is 11.5 Å². The first-order valence-corrected chi connectivity index (χ1v) is 7.41. The van der Waals surface area contributed by atoms with Crippen LogP contribution in [0.5, 0.6) is 0 Å². The molecule has 0 aromatic heterocycles. The van der Waals surface area contributed by atoms with Gasteiger partial charge >= 0.3 is 0 Å². The maximum atomic E-state index is 12.9. The maximum Gasteiger partial charge on any atom is 0.260 e. The van der Waals surface area contributed by atoms with Crippen molar-refractivity contribution >= 4 is 11.7 Å². The summed E-state index contributed by atoms with van der Waals surface area (Å²) in [5, 5.41) is 30.8. The molecule has 2 spiro atoms. The summed E-state index contributed by atoms with van der Waals surface area (Å²) in [5.74, 6) is -0.973. The molecule has 3 unspecified atom stereocenters. The number of Topliss-reactive ketones (excluding diaryl/α,β-unsaturated/α-hetero) is 1. The van der Waals surface area contributed by atoms with Gasteiger partial charge in [0, 0.05) is 0 Å². The van der Waals surface area contributed by atoms with Crippen LogP contribution in [-0.2, 0) is 9.59 Å².